The quantitative estimate of drug-likeness (QED) is 0.414. The van der Waals surface area contributed by atoms with E-state index in [1.54, 1.807) is 13.8 Å². The van der Waals surface area contributed by atoms with Gasteiger partial charge in [-0.05, 0) is 56.4 Å². The minimum Gasteiger partial charge on any atom is -0.462 e. The molecule has 2 heterocycles. The number of carbonyl (C=O) groups is 2. The van der Waals surface area contributed by atoms with Crippen molar-refractivity contribution in [3.63, 3.8) is 0 Å². The Morgan fingerprint density at radius 2 is 2.14 bits per heavy atom. The van der Waals surface area contributed by atoms with Crippen molar-refractivity contribution in [1.82, 2.24) is 9.78 Å². The van der Waals surface area contributed by atoms with Crippen LogP contribution < -0.4 is 5.32 Å². The Kier molecular flexibility index (Phi) is 6.31. The largest absolute Gasteiger partial charge is 0.462 e. The molecule has 3 rings (SSSR count). The molecule has 0 aromatic carbocycles. The smallest absolute Gasteiger partial charge is 0.390 e. The molecular formula is C19H24N4O5S. The van der Waals surface area contributed by atoms with E-state index in [1.807, 2.05) is 6.92 Å². The zero-order valence-corrected chi connectivity index (χ0v) is 17.5. The van der Waals surface area contributed by atoms with E-state index in [0.717, 1.165) is 36.1 Å². The highest BCUT2D eigenvalue weighted by Crippen LogP contribution is 2.39. The highest BCUT2D eigenvalue weighted by molar-refractivity contribution is 7.17. The van der Waals surface area contributed by atoms with Crippen molar-refractivity contribution in [3.8, 4) is 0 Å². The van der Waals surface area contributed by atoms with Gasteiger partial charge >= 0.3 is 11.8 Å². The van der Waals surface area contributed by atoms with Gasteiger partial charge in [-0.25, -0.2) is 4.79 Å². The van der Waals surface area contributed by atoms with Crippen molar-refractivity contribution in [2.24, 2.45) is 0 Å². The summed E-state index contributed by atoms with van der Waals surface area (Å²) in [5.41, 5.74) is 1.92. The third-order valence-corrected chi connectivity index (χ3v) is 6.10. The average Bonchev–Trinajstić information content (AvgIpc) is 3.25. The van der Waals surface area contributed by atoms with Crippen LogP contribution in [-0.4, -0.2) is 33.2 Å². The molecule has 29 heavy (non-hydrogen) atoms. The van der Waals surface area contributed by atoms with E-state index in [4.69, 9.17) is 4.74 Å². The van der Waals surface area contributed by atoms with Crippen LogP contribution in [0.4, 0.5) is 10.8 Å². The first kappa shape index (κ1) is 21.0. The van der Waals surface area contributed by atoms with Crippen LogP contribution in [0.1, 0.15) is 65.6 Å². The van der Waals surface area contributed by atoms with Gasteiger partial charge in [0.25, 0.3) is 5.91 Å². The standard InChI is InChI=1S/C19H24N4O5S/c1-4-9-28-19(25)16-13-7-5-6-8-14(13)29-18(16)20-17(24)12(3)22-11(2)10-15(21-22)23(26)27/h10,12H,4-9H2,1-3H3,(H,20,24). The first-order valence-corrected chi connectivity index (χ1v) is 10.5. The number of anilines is 1. The number of hydrogen-bond donors (Lipinski definition) is 1. The summed E-state index contributed by atoms with van der Waals surface area (Å²) in [6.45, 7) is 5.51. The van der Waals surface area contributed by atoms with Gasteiger partial charge in [0.2, 0.25) is 0 Å². The second kappa shape index (κ2) is 8.73. The van der Waals surface area contributed by atoms with Gasteiger partial charge in [0.05, 0.1) is 29.0 Å². The maximum atomic E-state index is 12.9. The Bertz CT molecular complexity index is 949. The summed E-state index contributed by atoms with van der Waals surface area (Å²) >= 11 is 1.41. The minimum absolute atomic E-state index is 0.308. The van der Waals surface area contributed by atoms with Crippen LogP contribution in [-0.2, 0) is 22.4 Å². The van der Waals surface area contributed by atoms with Crippen molar-refractivity contribution in [1.29, 1.82) is 0 Å². The molecule has 2 aromatic rings. The lowest BCUT2D eigenvalue weighted by Crippen LogP contribution is -2.26. The summed E-state index contributed by atoms with van der Waals surface area (Å²) in [7, 11) is 0. The third kappa shape index (κ3) is 4.31. The molecule has 0 spiro atoms. The molecule has 0 radical (unpaired) electrons. The zero-order valence-electron chi connectivity index (χ0n) is 16.7. The number of esters is 1. The van der Waals surface area contributed by atoms with Crippen molar-refractivity contribution in [3.05, 3.63) is 37.9 Å². The van der Waals surface area contributed by atoms with Gasteiger partial charge in [0.1, 0.15) is 11.0 Å². The number of rotatable bonds is 7. The monoisotopic (exact) mass is 420 g/mol. The Balaban J connectivity index is 1.87. The zero-order chi connectivity index (χ0) is 21.1. The van der Waals surface area contributed by atoms with E-state index in [9.17, 15) is 19.7 Å². The first-order chi connectivity index (χ1) is 13.8. The summed E-state index contributed by atoms with van der Waals surface area (Å²) in [5.74, 6) is -1.12. The molecule has 156 valence electrons. The summed E-state index contributed by atoms with van der Waals surface area (Å²) < 4.78 is 6.66. The molecular weight excluding hydrogens is 396 g/mol. The van der Waals surface area contributed by atoms with Crippen LogP contribution in [0.5, 0.6) is 0 Å². The number of nitro groups is 1. The highest BCUT2D eigenvalue weighted by atomic mass is 32.1. The Hall–Kier alpha value is -2.75. The maximum absolute atomic E-state index is 12.9. The summed E-state index contributed by atoms with van der Waals surface area (Å²) in [5, 5.41) is 18.2. The van der Waals surface area contributed by atoms with Gasteiger partial charge in [-0.1, -0.05) is 6.92 Å². The number of thiophene rings is 1. The molecule has 0 bridgehead atoms. The second-order valence-corrected chi connectivity index (χ2v) is 8.17. The van der Waals surface area contributed by atoms with E-state index in [1.165, 1.54) is 22.1 Å². The topological polar surface area (TPSA) is 116 Å². The molecule has 0 saturated heterocycles. The Morgan fingerprint density at radius 1 is 1.41 bits per heavy atom. The lowest BCUT2D eigenvalue weighted by atomic mass is 9.95. The van der Waals surface area contributed by atoms with Crippen LogP contribution in [0.15, 0.2) is 6.07 Å². The second-order valence-electron chi connectivity index (χ2n) is 7.06. The number of aromatic nitrogens is 2. The highest BCUT2D eigenvalue weighted by Gasteiger charge is 2.30. The number of nitrogens with zero attached hydrogens (tertiary/aromatic N) is 3. The van der Waals surface area contributed by atoms with Gasteiger partial charge in [-0.15, -0.1) is 11.3 Å². The number of ether oxygens (including phenoxy) is 1. The molecule has 2 aromatic heterocycles. The lowest BCUT2D eigenvalue weighted by molar-refractivity contribution is -0.389. The minimum atomic E-state index is -0.776. The van der Waals surface area contributed by atoms with Crippen molar-refractivity contribution >= 4 is 34.0 Å². The fourth-order valence-corrected chi connectivity index (χ4v) is 4.70. The fraction of sp³-hybridized carbons (Fsp3) is 0.526. The predicted octanol–water partition coefficient (Wildman–Crippen LogP) is 3.81. The average molecular weight is 420 g/mol. The van der Waals surface area contributed by atoms with Gasteiger partial charge < -0.3 is 20.2 Å². The number of hydrogen-bond acceptors (Lipinski definition) is 7. The lowest BCUT2D eigenvalue weighted by Gasteiger charge is -2.13. The van der Waals surface area contributed by atoms with Gasteiger partial charge in [-0.3, -0.25) is 4.79 Å². The normalized spacial score (nSPS) is 14.2. The summed E-state index contributed by atoms with van der Waals surface area (Å²) in [4.78, 5) is 37.0. The molecule has 10 heteroatoms. The van der Waals surface area contributed by atoms with Crippen LogP contribution >= 0.6 is 11.3 Å². The molecule has 0 saturated carbocycles. The number of amides is 1. The van der Waals surface area contributed by atoms with Crippen molar-refractivity contribution in [2.75, 3.05) is 11.9 Å². The maximum Gasteiger partial charge on any atom is 0.390 e. The van der Waals surface area contributed by atoms with Gasteiger partial charge in [0, 0.05) is 4.88 Å². The summed E-state index contributed by atoms with van der Waals surface area (Å²) in [6.07, 6.45) is 4.44. The van der Waals surface area contributed by atoms with Crippen LogP contribution in [0.2, 0.25) is 0 Å². The molecule has 9 nitrogen and oxygen atoms in total. The van der Waals surface area contributed by atoms with Crippen LogP contribution in [0.3, 0.4) is 0 Å². The van der Waals surface area contributed by atoms with E-state index in [0.29, 0.717) is 29.3 Å². The van der Waals surface area contributed by atoms with Crippen LogP contribution in [0.25, 0.3) is 0 Å². The third-order valence-electron chi connectivity index (χ3n) is 4.89. The van der Waals surface area contributed by atoms with Crippen molar-refractivity contribution < 1.29 is 19.2 Å². The van der Waals surface area contributed by atoms with E-state index in [2.05, 4.69) is 10.4 Å². The number of carbonyl (C=O) groups excluding carboxylic acids is 2. The molecule has 1 N–H and O–H groups in total. The molecule has 1 amide bonds. The molecule has 1 atom stereocenters. The molecule has 1 aliphatic carbocycles. The van der Waals surface area contributed by atoms with Crippen molar-refractivity contribution in [2.45, 2.75) is 58.9 Å². The Morgan fingerprint density at radius 3 is 2.79 bits per heavy atom. The van der Waals surface area contributed by atoms with E-state index in [-0.39, 0.29) is 5.82 Å². The number of nitrogens with one attached hydrogen (secondary N) is 1. The predicted molar refractivity (Wildman–Crippen MR) is 108 cm³/mol. The van der Waals surface area contributed by atoms with Crippen LogP contribution in [0, 0.1) is 17.0 Å². The van der Waals surface area contributed by atoms with E-state index >= 15 is 0 Å². The Labute approximate surface area is 172 Å². The van der Waals surface area contributed by atoms with E-state index < -0.39 is 22.8 Å². The molecule has 0 aliphatic heterocycles. The summed E-state index contributed by atoms with van der Waals surface area (Å²) in [6, 6.07) is 0.545. The SMILES string of the molecule is CCCOC(=O)c1c(NC(=O)C(C)n2nc([N+](=O)[O-])cc2C)sc2c1CCCC2. The number of aryl methyl sites for hydroxylation is 2. The number of fused-ring (bicyclic) bond motifs is 1. The van der Waals surface area contributed by atoms with Gasteiger partial charge in [-0.2, -0.15) is 4.68 Å². The molecule has 1 unspecified atom stereocenters. The van der Waals surface area contributed by atoms with Gasteiger partial charge in [0.15, 0.2) is 0 Å². The molecule has 0 fully saturated rings. The first-order valence-electron chi connectivity index (χ1n) is 9.66. The molecule has 1 aliphatic rings. The fourth-order valence-electron chi connectivity index (χ4n) is 3.42.